The topological polar surface area (TPSA) is 33.1 Å². The number of aliphatic hydroxyl groups is 1. The average molecular weight is 273 g/mol. The third-order valence-corrected chi connectivity index (χ3v) is 4.11. The molecule has 2 nitrogen and oxygen atoms in total. The quantitative estimate of drug-likeness (QED) is 0.729. The summed E-state index contributed by atoms with van der Waals surface area (Å²) >= 11 is 0. The van der Waals surface area contributed by atoms with E-state index < -0.39 is 5.60 Å². The molecular formula is C19H15NO. The normalized spacial score (nSPS) is 20.4. The van der Waals surface area contributed by atoms with Crippen LogP contribution >= 0.6 is 0 Å². The molecule has 0 aliphatic heterocycles. The van der Waals surface area contributed by atoms with Crippen molar-refractivity contribution in [3.63, 3.8) is 0 Å². The largest absolute Gasteiger partial charge is 0.378 e. The number of rotatable bonds is 1. The summed E-state index contributed by atoms with van der Waals surface area (Å²) < 4.78 is 0. The lowest BCUT2D eigenvalue weighted by atomic mass is 9.81. The number of aromatic nitrogens is 1. The van der Waals surface area contributed by atoms with E-state index in [-0.39, 0.29) is 0 Å². The van der Waals surface area contributed by atoms with E-state index in [1.807, 2.05) is 66.7 Å². The Labute approximate surface area is 123 Å². The molecule has 1 aromatic heterocycles. The molecule has 1 aliphatic carbocycles. The van der Waals surface area contributed by atoms with Crippen molar-refractivity contribution in [2.45, 2.75) is 12.0 Å². The molecule has 2 heteroatoms. The van der Waals surface area contributed by atoms with Gasteiger partial charge in [0.2, 0.25) is 0 Å². The molecule has 0 spiro atoms. The number of benzene rings is 2. The van der Waals surface area contributed by atoms with Gasteiger partial charge in [-0.05, 0) is 23.3 Å². The van der Waals surface area contributed by atoms with E-state index in [2.05, 4.69) is 6.07 Å². The summed E-state index contributed by atoms with van der Waals surface area (Å²) in [6, 6.07) is 19.9. The van der Waals surface area contributed by atoms with Gasteiger partial charge in [-0.2, -0.15) is 0 Å². The highest BCUT2D eigenvalue weighted by molar-refractivity contribution is 5.82. The summed E-state index contributed by atoms with van der Waals surface area (Å²) in [5.74, 6) is 0. The lowest BCUT2D eigenvalue weighted by Crippen LogP contribution is -2.30. The van der Waals surface area contributed by atoms with Crippen LogP contribution in [0.3, 0.4) is 0 Å². The van der Waals surface area contributed by atoms with E-state index >= 15 is 0 Å². The highest BCUT2D eigenvalue weighted by Gasteiger charge is 2.35. The van der Waals surface area contributed by atoms with Crippen LogP contribution < -0.4 is 0 Å². The smallest absolute Gasteiger partial charge is 0.135 e. The monoisotopic (exact) mass is 273 g/mol. The highest BCUT2D eigenvalue weighted by atomic mass is 16.3. The van der Waals surface area contributed by atoms with Crippen LogP contribution in [-0.2, 0) is 5.60 Å². The second-order valence-electron chi connectivity index (χ2n) is 5.45. The number of pyridine rings is 1. The Morgan fingerprint density at radius 1 is 0.952 bits per heavy atom. The third kappa shape index (κ3) is 1.88. The van der Waals surface area contributed by atoms with Gasteiger partial charge in [0.05, 0.1) is 11.2 Å². The summed E-state index contributed by atoms with van der Waals surface area (Å²) in [4.78, 5) is 4.74. The van der Waals surface area contributed by atoms with Crippen LogP contribution in [0.4, 0.5) is 0 Å². The van der Waals surface area contributed by atoms with Gasteiger partial charge in [-0.25, -0.2) is 4.98 Å². The molecular weight excluding hydrogens is 258 g/mol. The molecule has 0 saturated carbocycles. The second-order valence-corrected chi connectivity index (χ2v) is 5.45. The molecule has 0 amide bonds. The number of nitrogens with zero attached hydrogens (tertiary/aromatic N) is 1. The Bertz CT molecular complexity index is 839. The maximum Gasteiger partial charge on any atom is 0.135 e. The first-order valence-corrected chi connectivity index (χ1v) is 7.12. The molecule has 1 heterocycles. The zero-order valence-corrected chi connectivity index (χ0v) is 11.5. The van der Waals surface area contributed by atoms with Crippen LogP contribution in [0.1, 0.15) is 23.2 Å². The van der Waals surface area contributed by atoms with Gasteiger partial charge in [-0.3, -0.25) is 0 Å². The molecule has 102 valence electrons. The van der Waals surface area contributed by atoms with Crippen molar-refractivity contribution in [3.05, 3.63) is 83.6 Å². The summed E-state index contributed by atoms with van der Waals surface area (Å²) in [5, 5.41) is 12.3. The minimum absolute atomic E-state index is 0.551. The van der Waals surface area contributed by atoms with E-state index in [9.17, 15) is 5.11 Å². The Hall–Kier alpha value is -2.45. The van der Waals surface area contributed by atoms with Crippen molar-refractivity contribution in [1.82, 2.24) is 4.98 Å². The van der Waals surface area contributed by atoms with Crippen molar-refractivity contribution < 1.29 is 5.11 Å². The van der Waals surface area contributed by atoms with Crippen molar-refractivity contribution in [1.29, 1.82) is 0 Å². The first-order chi connectivity index (χ1) is 10.3. The fourth-order valence-corrected chi connectivity index (χ4v) is 3.01. The third-order valence-electron chi connectivity index (χ3n) is 4.11. The highest BCUT2D eigenvalue weighted by Crippen LogP contribution is 2.38. The lowest BCUT2D eigenvalue weighted by molar-refractivity contribution is 0.0784. The molecule has 1 aliphatic rings. The molecule has 1 unspecified atom stereocenters. The zero-order valence-electron chi connectivity index (χ0n) is 11.5. The Balaban J connectivity index is 1.99. The lowest BCUT2D eigenvalue weighted by Gasteiger charge is -2.31. The predicted molar refractivity (Wildman–Crippen MR) is 84.8 cm³/mol. The molecule has 21 heavy (non-hydrogen) atoms. The Morgan fingerprint density at radius 3 is 2.57 bits per heavy atom. The fraction of sp³-hybridized carbons (Fsp3) is 0.105. The molecule has 4 rings (SSSR count). The molecule has 0 fully saturated rings. The van der Waals surface area contributed by atoms with Gasteiger partial charge in [-0.15, -0.1) is 0 Å². The van der Waals surface area contributed by atoms with Crippen molar-refractivity contribution in [3.8, 4) is 0 Å². The molecule has 1 atom stereocenters. The van der Waals surface area contributed by atoms with E-state index in [0.29, 0.717) is 6.42 Å². The second kappa shape index (κ2) is 4.54. The van der Waals surface area contributed by atoms with Crippen LogP contribution in [0.2, 0.25) is 0 Å². The van der Waals surface area contributed by atoms with Gasteiger partial charge < -0.3 is 5.11 Å². The van der Waals surface area contributed by atoms with Gasteiger partial charge >= 0.3 is 0 Å². The first kappa shape index (κ1) is 12.3. The van der Waals surface area contributed by atoms with Gasteiger partial charge in [0.1, 0.15) is 5.60 Å². The summed E-state index contributed by atoms with van der Waals surface area (Å²) in [6.45, 7) is 0. The molecule has 1 N–H and O–H groups in total. The van der Waals surface area contributed by atoms with E-state index in [4.69, 9.17) is 4.98 Å². The maximum absolute atomic E-state index is 11.2. The summed E-state index contributed by atoms with van der Waals surface area (Å²) in [7, 11) is 0. The number of hydrogen-bond acceptors (Lipinski definition) is 2. The standard InChI is InChI=1S/C19H15NO/c21-19(16-9-2-1-3-10-16)12-6-8-15-13-14-7-4-5-11-17(14)20-18(15)19/h1-11,13,21H,12H2. The van der Waals surface area contributed by atoms with Gasteiger partial charge in [0.15, 0.2) is 0 Å². The molecule has 0 radical (unpaired) electrons. The minimum atomic E-state index is -1.05. The molecule has 0 bridgehead atoms. The Kier molecular flexibility index (Phi) is 2.66. The number of para-hydroxylation sites is 1. The van der Waals surface area contributed by atoms with Gasteiger partial charge in [0, 0.05) is 11.8 Å². The van der Waals surface area contributed by atoms with Crippen molar-refractivity contribution >= 4 is 17.0 Å². The molecule has 3 aromatic rings. The van der Waals surface area contributed by atoms with Gasteiger partial charge in [-0.1, -0.05) is 60.7 Å². The fourth-order valence-electron chi connectivity index (χ4n) is 3.01. The van der Waals surface area contributed by atoms with E-state index in [0.717, 1.165) is 27.7 Å². The van der Waals surface area contributed by atoms with Crippen LogP contribution in [0.25, 0.3) is 17.0 Å². The zero-order chi connectivity index (χ0) is 14.3. The maximum atomic E-state index is 11.2. The SMILES string of the molecule is OC1(c2ccccc2)CC=Cc2cc3ccccc3nc21. The van der Waals surface area contributed by atoms with Gasteiger partial charge in [0.25, 0.3) is 0 Å². The first-order valence-electron chi connectivity index (χ1n) is 7.12. The number of fused-ring (bicyclic) bond motifs is 2. The van der Waals surface area contributed by atoms with Crippen LogP contribution in [0, 0.1) is 0 Å². The predicted octanol–water partition coefficient (Wildman–Crippen LogP) is 3.89. The minimum Gasteiger partial charge on any atom is -0.378 e. The van der Waals surface area contributed by atoms with Crippen LogP contribution in [0.5, 0.6) is 0 Å². The average Bonchev–Trinajstić information content (AvgIpc) is 2.54. The van der Waals surface area contributed by atoms with Crippen LogP contribution in [0.15, 0.2) is 66.7 Å². The summed E-state index contributed by atoms with van der Waals surface area (Å²) in [6.07, 6.45) is 4.62. The van der Waals surface area contributed by atoms with Crippen molar-refractivity contribution in [2.24, 2.45) is 0 Å². The van der Waals surface area contributed by atoms with E-state index in [1.165, 1.54) is 0 Å². The van der Waals surface area contributed by atoms with Crippen LogP contribution in [-0.4, -0.2) is 10.1 Å². The molecule has 0 saturated heterocycles. The molecule has 2 aromatic carbocycles. The summed E-state index contributed by atoms with van der Waals surface area (Å²) in [5.41, 5.74) is 2.50. The Morgan fingerprint density at radius 2 is 1.71 bits per heavy atom. The number of hydrogen-bond donors (Lipinski definition) is 1. The van der Waals surface area contributed by atoms with E-state index in [1.54, 1.807) is 0 Å². The van der Waals surface area contributed by atoms with Crippen molar-refractivity contribution in [2.75, 3.05) is 0 Å².